The van der Waals surface area contributed by atoms with Gasteiger partial charge in [-0.25, -0.2) is 0 Å². The zero-order valence-corrected chi connectivity index (χ0v) is 16.1. The van der Waals surface area contributed by atoms with E-state index in [9.17, 15) is 4.79 Å². The van der Waals surface area contributed by atoms with E-state index in [0.29, 0.717) is 50.6 Å². The van der Waals surface area contributed by atoms with Gasteiger partial charge >= 0.3 is 0 Å². The summed E-state index contributed by atoms with van der Waals surface area (Å²) in [4.78, 5) is 18.9. The topological polar surface area (TPSA) is 85.2 Å². The summed E-state index contributed by atoms with van der Waals surface area (Å²) in [5, 5.41) is 4.02. The third-order valence-corrected chi connectivity index (χ3v) is 4.12. The first kappa shape index (κ1) is 20.1. The maximum atomic E-state index is 12.6. The third kappa shape index (κ3) is 6.26. The quantitative estimate of drug-likeness (QED) is 0.744. The van der Waals surface area contributed by atoms with Crippen molar-refractivity contribution in [2.24, 2.45) is 5.73 Å². The molecule has 0 aliphatic rings. The van der Waals surface area contributed by atoms with E-state index in [2.05, 4.69) is 10.1 Å². The Labute approximate surface area is 155 Å². The number of carbonyl (C=O) groups is 1. The molecule has 0 atom stereocenters. The van der Waals surface area contributed by atoms with Crippen molar-refractivity contribution in [2.45, 2.75) is 58.4 Å². The second-order valence-corrected chi connectivity index (χ2v) is 7.56. The van der Waals surface area contributed by atoms with Crippen LogP contribution in [0.3, 0.4) is 0 Å². The fourth-order valence-electron chi connectivity index (χ4n) is 2.59. The molecule has 0 saturated heterocycles. The second-order valence-electron chi connectivity index (χ2n) is 7.56. The number of hydrogen-bond acceptors (Lipinski definition) is 5. The summed E-state index contributed by atoms with van der Waals surface area (Å²) >= 11 is 0. The van der Waals surface area contributed by atoms with Crippen LogP contribution < -0.4 is 5.73 Å². The highest BCUT2D eigenvalue weighted by molar-refractivity contribution is 5.76. The molecule has 1 aromatic carbocycles. The van der Waals surface area contributed by atoms with E-state index in [1.807, 2.05) is 56.0 Å². The Balaban J connectivity index is 1.87. The number of amides is 1. The summed E-state index contributed by atoms with van der Waals surface area (Å²) in [6.07, 6.45) is 2.57. The van der Waals surface area contributed by atoms with Crippen LogP contribution in [0.2, 0.25) is 0 Å². The number of rotatable bonds is 9. The minimum absolute atomic E-state index is 0.133. The fourth-order valence-corrected chi connectivity index (χ4v) is 2.59. The summed E-state index contributed by atoms with van der Waals surface area (Å²) < 4.78 is 5.29. The summed E-state index contributed by atoms with van der Waals surface area (Å²) in [6, 6.07) is 10.0. The number of carbonyl (C=O) groups excluding carboxylic acids is 1. The standard InChI is InChI=1S/C20H30N4O2/c1-20(2,3)19-22-17(26-23-19)11-7-12-18(25)24(14-8-13-21)15-16-9-5-4-6-10-16/h4-6,9-10H,7-8,11-15,21H2,1-3H3. The number of nitrogens with zero attached hydrogens (tertiary/aromatic N) is 3. The molecule has 0 unspecified atom stereocenters. The first-order valence-electron chi connectivity index (χ1n) is 9.25. The van der Waals surface area contributed by atoms with Gasteiger partial charge in [-0.3, -0.25) is 4.79 Å². The molecule has 0 aliphatic carbocycles. The van der Waals surface area contributed by atoms with Crippen LogP contribution in [0.1, 0.15) is 57.3 Å². The van der Waals surface area contributed by atoms with E-state index in [-0.39, 0.29) is 11.3 Å². The average molecular weight is 358 g/mol. The minimum atomic E-state index is -0.133. The van der Waals surface area contributed by atoms with E-state index in [4.69, 9.17) is 10.3 Å². The van der Waals surface area contributed by atoms with Crippen molar-refractivity contribution in [3.63, 3.8) is 0 Å². The largest absolute Gasteiger partial charge is 0.339 e. The molecule has 1 amide bonds. The first-order valence-corrected chi connectivity index (χ1v) is 9.25. The van der Waals surface area contributed by atoms with Gasteiger partial charge in [-0.1, -0.05) is 56.3 Å². The van der Waals surface area contributed by atoms with Gasteiger partial charge in [0.05, 0.1) is 0 Å². The predicted octanol–water partition coefficient (Wildman–Crippen LogP) is 3.07. The molecule has 6 heteroatoms. The van der Waals surface area contributed by atoms with Crippen molar-refractivity contribution in [1.82, 2.24) is 15.0 Å². The Morgan fingerprint density at radius 1 is 1.19 bits per heavy atom. The second kappa shape index (κ2) is 9.48. The Bertz CT molecular complexity index is 677. The van der Waals surface area contributed by atoms with Crippen LogP contribution in [0, 0.1) is 0 Å². The molecule has 0 fully saturated rings. The van der Waals surface area contributed by atoms with Gasteiger partial charge < -0.3 is 15.2 Å². The number of hydrogen-bond donors (Lipinski definition) is 1. The number of benzene rings is 1. The van der Waals surface area contributed by atoms with Crippen LogP contribution in [-0.2, 0) is 23.2 Å². The van der Waals surface area contributed by atoms with E-state index >= 15 is 0 Å². The van der Waals surface area contributed by atoms with Crippen LogP contribution in [0.15, 0.2) is 34.9 Å². The molecule has 0 aliphatic heterocycles. The highest BCUT2D eigenvalue weighted by atomic mass is 16.5. The summed E-state index contributed by atoms with van der Waals surface area (Å²) in [5.74, 6) is 1.43. The molecule has 1 aromatic heterocycles. The van der Waals surface area contributed by atoms with Gasteiger partial charge in [-0.15, -0.1) is 0 Å². The third-order valence-electron chi connectivity index (χ3n) is 4.12. The zero-order valence-electron chi connectivity index (χ0n) is 16.1. The lowest BCUT2D eigenvalue weighted by atomic mass is 9.96. The van der Waals surface area contributed by atoms with Crippen LogP contribution in [0.5, 0.6) is 0 Å². The van der Waals surface area contributed by atoms with Gasteiger partial charge in [0.1, 0.15) is 0 Å². The Morgan fingerprint density at radius 2 is 1.92 bits per heavy atom. The highest BCUT2D eigenvalue weighted by Crippen LogP contribution is 2.19. The van der Waals surface area contributed by atoms with Crippen molar-refractivity contribution in [2.75, 3.05) is 13.1 Å². The first-order chi connectivity index (χ1) is 12.4. The van der Waals surface area contributed by atoms with E-state index in [0.717, 1.165) is 12.0 Å². The van der Waals surface area contributed by atoms with E-state index in [1.54, 1.807) is 0 Å². The normalized spacial score (nSPS) is 11.5. The molecule has 2 rings (SSSR count). The van der Waals surface area contributed by atoms with Crippen LogP contribution in [-0.4, -0.2) is 34.0 Å². The smallest absolute Gasteiger partial charge is 0.226 e. The molecule has 1 heterocycles. The van der Waals surface area contributed by atoms with Crippen molar-refractivity contribution < 1.29 is 9.32 Å². The van der Waals surface area contributed by atoms with Crippen LogP contribution in [0.25, 0.3) is 0 Å². The van der Waals surface area contributed by atoms with Gasteiger partial charge in [0.2, 0.25) is 11.8 Å². The molecule has 142 valence electrons. The molecule has 0 spiro atoms. The molecule has 2 aromatic rings. The monoisotopic (exact) mass is 358 g/mol. The van der Waals surface area contributed by atoms with Gasteiger partial charge in [-0.05, 0) is 24.9 Å². The van der Waals surface area contributed by atoms with E-state index < -0.39 is 0 Å². The van der Waals surface area contributed by atoms with Crippen molar-refractivity contribution in [3.8, 4) is 0 Å². The molecule has 0 bridgehead atoms. The Morgan fingerprint density at radius 3 is 2.54 bits per heavy atom. The van der Waals surface area contributed by atoms with Crippen LogP contribution >= 0.6 is 0 Å². The maximum absolute atomic E-state index is 12.6. The van der Waals surface area contributed by atoms with Gasteiger partial charge in [0.25, 0.3) is 0 Å². The molecule has 2 N–H and O–H groups in total. The average Bonchev–Trinajstić information content (AvgIpc) is 3.08. The zero-order chi connectivity index (χ0) is 19.0. The maximum Gasteiger partial charge on any atom is 0.226 e. The fraction of sp³-hybridized carbons (Fsp3) is 0.550. The molecule has 26 heavy (non-hydrogen) atoms. The van der Waals surface area contributed by atoms with Crippen LogP contribution in [0.4, 0.5) is 0 Å². The summed E-state index contributed by atoms with van der Waals surface area (Å²) in [7, 11) is 0. The molecular weight excluding hydrogens is 328 g/mol. The minimum Gasteiger partial charge on any atom is -0.339 e. The summed E-state index contributed by atoms with van der Waals surface area (Å²) in [6.45, 7) is 8.02. The lowest BCUT2D eigenvalue weighted by Gasteiger charge is -2.22. The van der Waals surface area contributed by atoms with Gasteiger partial charge in [-0.2, -0.15) is 4.98 Å². The Hall–Kier alpha value is -2.21. The molecular formula is C20H30N4O2. The van der Waals surface area contributed by atoms with E-state index in [1.165, 1.54) is 0 Å². The van der Waals surface area contributed by atoms with Crippen molar-refractivity contribution >= 4 is 5.91 Å². The number of aromatic nitrogens is 2. The lowest BCUT2D eigenvalue weighted by Crippen LogP contribution is -2.32. The molecule has 0 saturated carbocycles. The predicted molar refractivity (Wildman–Crippen MR) is 101 cm³/mol. The molecule has 6 nitrogen and oxygen atoms in total. The highest BCUT2D eigenvalue weighted by Gasteiger charge is 2.21. The van der Waals surface area contributed by atoms with Crippen molar-refractivity contribution in [1.29, 1.82) is 0 Å². The summed E-state index contributed by atoms with van der Waals surface area (Å²) in [5.41, 5.74) is 6.61. The van der Waals surface area contributed by atoms with Gasteiger partial charge in [0.15, 0.2) is 5.82 Å². The Kier molecular flexibility index (Phi) is 7.33. The van der Waals surface area contributed by atoms with Gasteiger partial charge in [0, 0.05) is 31.3 Å². The SMILES string of the molecule is CC(C)(C)c1noc(CCCC(=O)N(CCCN)Cc2ccccc2)n1. The number of nitrogens with two attached hydrogens (primary N) is 1. The number of aryl methyl sites for hydroxylation is 1. The molecule has 0 radical (unpaired) electrons. The van der Waals surface area contributed by atoms with Crippen molar-refractivity contribution in [3.05, 3.63) is 47.6 Å². The lowest BCUT2D eigenvalue weighted by molar-refractivity contribution is -0.132.